The quantitative estimate of drug-likeness (QED) is 0.896. The molecule has 0 saturated carbocycles. The second kappa shape index (κ2) is 4.56. The predicted molar refractivity (Wildman–Crippen MR) is 72.7 cm³/mol. The lowest BCUT2D eigenvalue weighted by molar-refractivity contribution is -0.122. The standard InChI is InChI=1S/C11H14BrN5O/c1-5(2)8(9(13)18)17-10-7(16-11(17)14)3-6(12)4-15-10/h3-5,8H,1-2H3,(H2,13,18)(H2,14,16). The van der Waals surface area contributed by atoms with Crippen molar-refractivity contribution in [2.75, 3.05) is 5.73 Å². The molecule has 1 amide bonds. The molecule has 0 aliphatic heterocycles. The predicted octanol–water partition coefficient (Wildman–Crippen LogP) is 1.46. The summed E-state index contributed by atoms with van der Waals surface area (Å²) in [6.07, 6.45) is 1.64. The lowest BCUT2D eigenvalue weighted by Crippen LogP contribution is -2.31. The van der Waals surface area contributed by atoms with E-state index >= 15 is 0 Å². The number of halogens is 1. The number of hydrogen-bond donors (Lipinski definition) is 2. The Bertz CT molecular complexity index is 607. The van der Waals surface area contributed by atoms with Gasteiger partial charge in [-0.2, -0.15) is 0 Å². The summed E-state index contributed by atoms with van der Waals surface area (Å²) in [6, 6.07) is 1.25. The molecule has 0 aliphatic carbocycles. The minimum Gasteiger partial charge on any atom is -0.369 e. The molecule has 1 atom stereocenters. The summed E-state index contributed by atoms with van der Waals surface area (Å²) < 4.78 is 2.40. The Labute approximate surface area is 113 Å². The van der Waals surface area contributed by atoms with E-state index in [2.05, 4.69) is 25.9 Å². The van der Waals surface area contributed by atoms with Crippen molar-refractivity contribution in [3.05, 3.63) is 16.7 Å². The van der Waals surface area contributed by atoms with Crippen LogP contribution in [0.2, 0.25) is 0 Å². The van der Waals surface area contributed by atoms with Gasteiger partial charge in [-0.25, -0.2) is 9.97 Å². The lowest BCUT2D eigenvalue weighted by Gasteiger charge is -2.20. The summed E-state index contributed by atoms with van der Waals surface area (Å²) in [5.41, 5.74) is 12.5. The van der Waals surface area contributed by atoms with Crippen LogP contribution in [-0.2, 0) is 4.79 Å². The number of carbonyl (C=O) groups excluding carboxylic acids is 1. The van der Waals surface area contributed by atoms with Crippen LogP contribution in [0.5, 0.6) is 0 Å². The molecule has 0 bridgehead atoms. The Balaban J connectivity index is 2.69. The van der Waals surface area contributed by atoms with Crippen molar-refractivity contribution in [3.63, 3.8) is 0 Å². The number of carbonyl (C=O) groups is 1. The molecule has 7 heteroatoms. The smallest absolute Gasteiger partial charge is 0.240 e. The van der Waals surface area contributed by atoms with Gasteiger partial charge in [0, 0.05) is 10.7 Å². The molecule has 0 spiro atoms. The molecule has 0 fully saturated rings. The van der Waals surface area contributed by atoms with Crippen LogP contribution in [0.1, 0.15) is 19.9 Å². The third-order valence-electron chi connectivity index (χ3n) is 2.73. The number of pyridine rings is 1. The highest BCUT2D eigenvalue weighted by molar-refractivity contribution is 9.10. The SMILES string of the molecule is CC(C)C(C(N)=O)n1c(N)nc2cc(Br)cnc21. The van der Waals surface area contributed by atoms with Gasteiger partial charge in [-0.15, -0.1) is 0 Å². The van der Waals surface area contributed by atoms with E-state index < -0.39 is 11.9 Å². The van der Waals surface area contributed by atoms with Crippen LogP contribution in [0.3, 0.4) is 0 Å². The van der Waals surface area contributed by atoms with Crippen LogP contribution in [0.25, 0.3) is 11.2 Å². The van der Waals surface area contributed by atoms with Crippen molar-refractivity contribution in [1.29, 1.82) is 0 Å². The molecule has 2 heterocycles. The first kappa shape index (κ1) is 12.8. The highest BCUT2D eigenvalue weighted by Crippen LogP contribution is 2.27. The van der Waals surface area contributed by atoms with Gasteiger partial charge in [-0.1, -0.05) is 13.8 Å². The fourth-order valence-corrected chi connectivity index (χ4v) is 2.32. The Morgan fingerprint density at radius 3 is 2.72 bits per heavy atom. The van der Waals surface area contributed by atoms with Gasteiger partial charge in [-0.05, 0) is 27.9 Å². The maximum absolute atomic E-state index is 11.6. The van der Waals surface area contributed by atoms with Crippen molar-refractivity contribution in [1.82, 2.24) is 14.5 Å². The molecule has 18 heavy (non-hydrogen) atoms. The van der Waals surface area contributed by atoms with E-state index in [1.165, 1.54) is 0 Å². The fourth-order valence-electron chi connectivity index (χ4n) is 2.00. The molecule has 2 aromatic heterocycles. The zero-order chi connectivity index (χ0) is 13.4. The number of fused-ring (bicyclic) bond motifs is 1. The Kier molecular flexibility index (Phi) is 3.25. The first-order chi connectivity index (χ1) is 8.41. The number of imidazole rings is 1. The Morgan fingerprint density at radius 1 is 1.50 bits per heavy atom. The van der Waals surface area contributed by atoms with Crippen molar-refractivity contribution in [2.24, 2.45) is 11.7 Å². The molecule has 0 aliphatic rings. The van der Waals surface area contributed by atoms with Gasteiger partial charge < -0.3 is 11.5 Å². The largest absolute Gasteiger partial charge is 0.369 e. The van der Waals surface area contributed by atoms with Gasteiger partial charge in [-0.3, -0.25) is 9.36 Å². The number of hydrogen-bond acceptors (Lipinski definition) is 4. The molecule has 0 radical (unpaired) electrons. The minimum absolute atomic E-state index is 0.00708. The molecule has 2 rings (SSSR count). The van der Waals surface area contributed by atoms with Crippen molar-refractivity contribution < 1.29 is 4.79 Å². The highest BCUT2D eigenvalue weighted by Gasteiger charge is 2.26. The summed E-state index contributed by atoms with van der Waals surface area (Å²) in [4.78, 5) is 20.0. The monoisotopic (exact) mass is 311 g/mol. The number of nitrogens with two attached hydrogens (primary N) is 2. The number of aromatic nitrogens is 3. The van der Waals surface area contributed by atoms with Crippen molar-refractivity contribution in [2.45, 2.75) is 19.9 Å². The molecule has 1 unspecified atom stereocenters. The molecule has 6 nitrogen and oxygen atoms in total. The molecule has 2 aromatic rings. The number of rotatable bonds is 3. The molecule has 4 N–H and O–H groups in total. The summed E-state index contributed by atoms with van der Waals surface area (Å²) in [5.74, 6) is -0.193. The first-order valence-corrected chi connectivity index (χ1v) is 6.29. The van der Waals surface area contributed by atoms with Crippen LogP contribution in [0.4, 0.5) is 5.95 Å². The highest BCUT2D eigenvalue weighted by atomic mass is 79.9. The first-order valence-electron chi connectivity index (χ1n) is 5.50. The average Bonchev–Trinajstić information content (AvgIpc) is 2.54. The van der Waals surface area contributed by atoms with E-state index in [1.54, 1.807) is 16.8 Å². The molecule has 0 saturated heterocycles. The molecule has 96 valence electrons. The fraction of sp³-hybridized carbons (Fsp3) is 0.364. The maximum Gasteiger partial charge on any atom is 0.240 e. The number of anilines is 1. The van der Waals surface area contributed by atoms with Crippen molar-refractivity contribution in [3.8, 4) is 0 Å². The van der Waals surface area contributed by atoms with E-state index in [9.17, 15) is 4.79 Å². The zero-order valence-electron chi connectivity index (χ0n) is 10.1. The van der Waals surface area contributed by atoms with E-state index in [1.807, 2.05) is 13.8 Å². The van der Waals surface area contributed by atoms with Crippen molar-refractivity contribution >= 4 is 38.9 Å². The van der Waals surface area contributed by atoms with Gasteiger partial charge in [0.15, 0.2) is 5.65 Å². The van der Waals surface area contributed by atoms with Gasteiger partial charge >= 0.3 is 0 Å². The van der Waals surface area contributed by atoms with Crippen LogP contribution >= 0.6 is 15.9 Å². The summed E-state index contributed by atoms with van der Waals surface area (Å²) in [5, 5.41) is 0. The van der Waals surface area contributed by atoms with Gasteiger partial charge in [0.05, 0.1) is 0 Å². The second-order valence-corrected chi connectivity index (χ2v) is 5.34. The lowest BCUT2D eigenvalue weighted by atomic mass is 10.0. The van der Waals surface area contributed by atoms with E-state index in [-0.39, 0.29) is 11.9 Å². The topological polar surface area (TPSA) is 99.8 Å². The van der Waals surface area contributed by atoms with Gasteiger partial charge in [0.1, 0.15) is 11.6 Å². The van der Waals surface area contributed by atoms with Gasteiger partial charge in [0.25, 0.3) is 0 Å². The van der Waals surface area contributed by atoms with E-state index in [0.717, 1.165) is 4.47 Å². The molecule has 0 aromatic carbocycles. The maximum atomic E-state index is 11.6. The molecular weight excluding hydrogens is 298 g/mol. The number of nitrogens with zero attached hydrogens (tertiary/aromatic N) is 3. The van der Waals surface area contributed by atoms with Crippen LogP contribution in [-0.4, -0.2) is 20.4 Å². The minimum atomic E-state index is -0.552. The third-order valence-corrected chi connectivity index (χ3v) is 3.16. The number of amides is 1. The number of primary amides is 1. The Morgan fingerprint density at radius 2 is 2.17 bits per heavy atom. The van der Waals surface area contributed by atoms with E-state index in [0.29, 0.717) is 11.2 Å². The summed E-state index contributed by atoms with van der Waals surface area (Å²) in [7, 11) is 0. The summed E-state index contributed by atoms with van der Waals surface area (Å²) >= 11 is 3.32. The average molecular weight is 312 g/mol. The van der Waals surface area contributed by atoms with Crippen LogP contribution in [0.15, 0.2) is 16.7 Å². The second-order valence-electron chi connectivity index (χ2n) is 4.43. The normalized spacial score (nSPS) is 13.1. The van der Waals surface area contributed by atoms with Crippen LogP contribution < -0.4 is 11.5 Å². The zero-order valence-corrected chi connectivity index (χ0v) is 11.7. The van der Waals surface area contributed by atoms with Crippen LogP contribution in [0, 0.1) is 5.92 Å². The third kappa shape index (κ3) is 2.05. The number of nitrogen functional groups attached to an aromatic ring is 1. The Hall–Kier alpha value is -1.63. The van der Waals surface area contributed by atoms with Gasteiger partial charge in [0.2, 0.25) is 11.9 Å². The van der Waals surface area contributed by atoms with E-state index in [4.69, 9.17) is 11.5 Å². The summed E-state index contributed by atoms with van der Waals surface area (Å²) in [6.45, 7) is 3.80. The molecular formula is C11H14BrN5O.